The maximum absolute atomic E-state index is 10.7. The molecule has 0 spiro atoms. The SMILES string of the molecule is C=C[C@]1(O)CC[C@H]2[C@@H]1C=C(c1ccccc1)C2(C)C. The van der Waals surface area contributed by atoms with Gasteiger partial charge in [0.1, 0.15) is 0 Å². The van der Waals surface area contributed by atoms with E-state index in [2.05, 4.69) is 50.8 Å². The summed E-state index contributed by atoms with van der Waals surface area (Å²) in [7, 11) is 0. The number of allylic oxidation sites excluding steroid dienone is 1. The molecule has 0 aliphatic heterocycles. The molecule has 3 rings (SSSR count). The average Bonchev–Trinajstić information content (AvgIpc) is 2.88. The fraction of sp³-hybridized carbons (Fsp3) is 0.444. The molecule has 0 heterocycles. The van der Waals surface area contributed by atoms with E-state index in [1.54, 1.807) is 6.08 Å². The zero-order valence-electron chi connectivity index (χ0n) is 11.8. The van der Waals surface area contributed by atoms with Gasteiger partial charge in [0.15, 0.2) is 0 Å². The van der Waals surface area contributed by atoms with Crippen LogP contribution in [0.25, 0.3) is 5.57 Å². The standard InChI is InChI=1S/C18H22O/c1-4-18(19)11-10-14-16(18)12-15(17(14,2)3)13-8-6-5-7-9-13/h4-9,12,14,16,19H,1,10-11H2,2-3H3/t14-,16-,18-/m0/s1. The highest BCUT2D eigenvalue weighted by atomic mass is 16.3. The van der Waals surface area contributed by atoms with E-state index in [9.17, 15) is 5.11 Å². The summed E-state index contributed by atoms with van der Waals surface area (Å²) in [6.45, 7) is 8.46. The van der Waals surface area contributed by atoms with Crippen LogP contribution in [0, 0.1) is 17.3 Å². The molecule has 3 atom stereocenters. The third-order valence-corrected chi connectivity index (χ3v) is 5.27. The molecule has 1 fully saturated rings. The van der Waals surface area contributed by atoms with Crippen molar-refractivity contribution >= 4 is 5.57 Å². The Kier molecular flexibility index (Phi) is 2.72. The first-order chi connectivity index (χ1) is 8.99. The van der Waals surface area contributed by atoms with Gasteiger partial charge in [0, 0.05) is 5.92 Å². The molecular formula is C18H22O. The van der Waals surface area contributed by atoms with Crippen LogP contribution in [-0.4, -0.2) is 10.7 Å². The minimum absolute atomic E-state index is 0.125. The van der Waals surface area contributed by atoms with E-state index >= 15 is 0 Å². The average molecular weight is 254 g/mol. The molecule has 1 N–H and O–H groups in total. The molecule has 0 radical (unpaired) electrons. The zero-order valence-corrected chi connectivity index (χ0v) is 11.8. The monoisotopic (exact) mass is 254 g/mol. The van der Waals surface area contributed by atoms with Crippen molar-refractivity contribution in [1.29, 1.82) is 0 Å². The molecule has 0 saturated heterocycles. The van der Waals surface area contributed by atoms with Crippen LogP contribution in [0.2, 0.25) is 0 Å². The highest BCUT2D eigenvalue weighted by Gasteiger charge is 2.54. The third-order valence-electron chi connectivity index (χ3n) is 5.27. The van der Waals surface area contributed by atoms with Crippen molar-refractivity contribution in [2.24, 2.45) is 17.3 Å². The van der Waals surface area contributed by atoms with Crippen molar-refractivity contribution in [3.8, 4) is 0 Å². The van der Waals surface area contributed by atoms with Crippen LogP contribution in [0.4, 0.5) is 0 Å². The molecule has 2 aliphatic carbocycles. The van der Waals surface area contributed by atoms with Gasteiger partial charge in [-0.1, -0.05) is 56.3 Å². The summed E-state index contributed by atoms with van der Waals surface area (Å²) in [5.74, 6) is 0.737. The summed E-state index contributed by atoms with van der Waals surface area (Å²) in [4.78, 5) is 0. The topological polar surface area (TPSA) is 20.2 Å². The van der Waals surface area contributed by atoms with Gasteiger partial charge in [-0.15, -0.1) is 6.58 Å². The van der Waals surface area contributed by atoms with Gasteiger partial charge < -0.3 is 5.11 Å². The Balaban J connectivity index is 2.07. The largest absolute Gasteiger partial charge is 0.385 e. The second-order valence-corrected chi connectivity index (χ2v) is 6.53. The fourth-order valence-corrected chi connectivity index (χ4v) is 4.07. The van der Waals surface area contributed by atoms with E-state index in [0.717, 1.165) is 12.8 Å². The van der Waals surface area contributed by atoms with Gasteiger partial charge in [0.05, 0.1) is 5.60 Å². The molecule has 0 aromatic heterocycles. The fourth-order valence-electron chi connectivity index (χ4n) is 4.07. The molecule has 1 nitrogen and oxygen atoms in total. The smallest absolute Gasteiger partial charge is 0.0890 e. The lowest BCUT2D eigenvalue weighted by Crippen LogP contribution is -2.32. The Morgan fingerprint density at radius 2 is 1.95 bits per heavy atom. The molecule has 1 aromatic carbocycles. The molecule has 0 unspecified atom stereocenters. The molecule has 100 valence electrons. The summed E-state index contributed by atoms with van der Waals surface area (Å²) in [5.41, 5.74) is 2.08. The van der Waals surface area contributed by atoms with Crippen LogP contribution in [-0.2, 0) is 0 Å². The highest BCUT2D eigenvalue weighted by Crippen LogP contribution is 2.60. The number of hydrogen-bond acceptors (Lipinski definition) is 1. The molecule has 1 heteroatoms. The molecule has 1 saturated carbocycles. The van der Waals surface area contributed by atoms with Gasteiger partial charge in [0.2, 0.25) is 0 Å². The van der Waals surface area contributed by atoms with Crippen molar-refractivity contribution in [2.45, 2.75) is 32.3 Å². The van der Waals surface area contributed by atoms with Gasteiger partial charge in [-0.2, -0.15) is 0 Å². The van der Waals surface area contributed by atoms with Crippen molar-refractivity contribution in [3.63, 3.8) is 0 Å². The van der Waals surface area contributed by atoms with Gasteiger partial charge in [-0.3, -0.25) is 0 Å². The van der Waals surface area contributed by atoms with E-state index in [0.29, 0.717) is 5.92 Å². The van der Waals surface area contributed by atoms with Gasteiger partial charge >= 0.3 is 0 Å². The minimum atomic E-state index is -0.710. The van der Waals surface area contributed by atoms with Crippen LogP contribution in [0.5, 0.6) is 0 Å². The van der Waals surface area contributed by atoms with E-state index in [1.807, 2.05) is 6.07 Å². The summed E-state index contributed by atoms with van der Waals surface area (Å²) in [6.07, 6.45) is 5.97. The second-order valence-electron chi connectivity index (χ2n) is 6.53. The van der Waals surface area contributed by atoms with Crippen molar-refractivity contribution in [2.75, 3.05) is 0 Å². The lowest BCUT2D eigenvalue weighted by molar-refractivity contribution is 0.0560. The highest BCUT2D eigenvalue weighted by molar-refractivity contribution is 5.73. The summed E-state index contributed by atoms with van der Waals surface area (Å²) < 4.78 is 0. The Morgan fingerprint density at radius 1 is 1.26 bits per heavy atom. The molecule has 19 heavy (non-hydrogen) atoms. The van der Waals surface area contributed by atoms with Gasteiger partial charge in [-0.25, -0.2) is 0 Å². The maximum Gasteiger partial charge on any atom is 0.0890 e. The minimum Gasteiger partial charge on any atom is -0.385 e. The molecule has 0 amide bonds. The second kappa shape index (κ2) is 4.08. The normalized spacial score (nSPS) is 35.8. The summed E-state index contributed by atoms with van der Waals surface area (Å²) in [5, 5.41) is 10.7. The number of benzene rings is 1. The number of fused-ring (bicyclic) bond motifs is 1. The van der Waals surface area contributed by atoms with Crippen LogP contribution in [0.15, 0.2) is 49.1 Å². The quantitative estimate of drug-likeness (QED) is 0.789. The zero-order chi connectivity index (χ0) is 13.7. The van der Waals surface area contributed by atoms with E-state index in [-0.39, 0.29) is 11.3 Å². The van der Waals surface area contributed by atoms with Crippen LogP contribution >= 0.6 is 0 Å². The maximum atomic E-state index is 10.7. The van der Waals surface area contributed by atoms with Crippen LogP contribution < -0.4 is 0 Å². The number of rotatable bonds is 2. The molecule has 1 aromatic rings. The lowest BCUT2D eigenvalue weighted by Gasteiger charge is -2.32. The third kappa shape index (κ3) is 1.72. The van der Waals surface area contributed by atoms with Crippen molar-refractivity contribution in [3.05, 3.63) is 54.6 Å². The Hall–Kier alpha value is -1.34. The lowest BCUT2D eigenvalue weighted by atomic mass is 9.73. The Bertz CT molecular complexity index is 526. The van der Waals surface area contributed by atoms with Gasteiger partial charge in [0.25, 0.3) is 0 Å². The first kappa shape index (κ1) is 12.7. The van der Waals surface area contributed by atoms with Crippen LogP contribution in [0.3, 0.4) is 0 Å². The predicted octanol–water partition coefficient (Wildman–Crippen LogP) is 4.05. The van der Waals surface area contributed by atoms with Gasteiger partial charge in [-0.05, 0) is 35.3 Å². The Morgan fingerprint density at radius 3 is 2.58 bits per heavy atom. The van der Waals surface area contributed by atoms with E-state index in [1.165, 1.54) is 11.1 Å². The number of hydrogen-bond donors (Lipinski definition) is 1. The Labute approximate surface area is 115 Å². The number of aliphatic hydroxyl groups is 1. The van der Waals surface area contributed by atoms with Crippen molar-refractivity contribution < 1.29 is 5.11 Å². The summed E-state index contributed by atoms with van der Waals surface area (Å²) >= 11 is 0. The predicted molar refractivity (Wildman–Crippen MR) is 79.6 cm³/mol. The molecule has 0 bridgehead atoms. The first-order valence-electron chi connectivity index (χ1n) is 7.13. The van der Waals surface area contributed by atoms with E-state index in [4.69, 9.17) is 0 Å². The molecule has 2 aliphatic rings. The van der Waals surface area contributed by atoms with Crippen LogP contribution in [0.1, 0.15) is 32.3 Å². The summed E-state index contributed by atoms with van der Waals surface area (Å²) in [6, 6.07) is 10.6. The van der Waals surface area contributed by atoms with E-state index < -0.39 is 5.60 Å². The molecular weight excluding hydrogens is 232 g/mol. The first-order valence-corrected chi connectivity index (χ1v) is 7.13. The van der Waals surface area contributed by atoms with Crippen molar-refractivity contribution in [1.82, 2.24) is 0 Å².